The lowest BCUT2D eigenvalue weighted by atomic mass is 10.6. The van der Waals surface area contributed by atoms with Gasteiger partial charge < -0.3 is 4.74 Å². The summed E-state index contributed by atoms with van der Waals surface area (Å²) in [6.07, 6.45) is 0. The van der Waals surface area contributed by atoms with E-state index >= 15 is 0 Å². The SMILES string of the molecule is COc1c(Br)csc1SCl. The number of methoxy groups -OCH3 is 1. The molecular formula is C5H4BrClOS2. The summed E-state index contributed by atoms with van der Waals surface area (Å²) in [7, 11) is 8.36. The second-order valence-corrected chi connectivity index (χ2v) is 4.50. The molecule has 0 bridgehead atoms. The first kappa shape index (κ1) is 8.71. The Kier molecular flexibility index (Phi) is 3.36. The van der Waals surface area contributed by atoms with Gasteiger partial charge in [-0.15, -0.1) is 11.3 Å². The van der Waals surface area contributed by atoms with Crippen molar-refractivity contribution >= 4 is 48.9 Å². The fourth-order valence-electron chi connectivity index (χ4n) is 0.544. The quantitative estimate of drug-likeness (QED) is 0.800. The van der Waals surface area contributed by atoms with Crippen LogP contribution >= 0.6 is 48.9 Å². The minimum Gasteiger partial charge on any atom is -0.493 e. The van der Waals surface area contributed by atoms with Gasteiger partial charge >= 0.3 is 0 Å². The van der Waals surface area contributed by atoms with Gasteiger partial charge in [0, 0.05) is 5.38 Å². The highest BCUT2D eigenvalue weighted by atomic mass is 79.9. The van der Waals surface area contributed by atoms with E-state index in [0.717, 1.165) is 14.4 Å². The van der Waals surface area contributed by atoms with Gasteiger partial charge in [0.2, 0.25) is 0 Å². The van der Waals surface area contributed by atoms with Crippen LogP contribution in [0.25, 0.3) is 0 Å². The second-order valence-electron chi connectivity index (χ2n) is 1.48. The predicted octanol–water partition coefficient (Wildman–Crippen LogP) is 3.77. The summed E-state index contributed by atoms with van der Waals surface area (Å²) in [6, 6.07) is 0. The number of halogens is 2. The molecule has 0 amide bonds. The number of hydrogen-bond donors (Lipinski definition) is 0. The first-order valence-electron chi connectivity index (χ1n) is 2.39. The fourth-order valence-corrected chi connectivity index (χ4v) is 3.16. The van der Waals surface area contributed by atoms with Gasteiger partial charge in [-0.05, 0) is 37.6 Å². The molecule has 0 aliphatic carbocycles. The van der Waals surface area contributed by atoms with Gasteiger partial charge in [0.25, 0.3) is 0 Å². The third-order valence-corrected chi connectivity index (χ3v) is 4.19. The van der Waals surface area contributed by atoms with Crippen LogP contribution in [0.3, 0.4) is 0 Å². The molecule has 1 aromatic rings. The smallest absolute Gasteiger partial charge is 0.158 e. The van der Waals surface area contributed by atoms with E-state index in [2.05, 4.69) is 15.9 Å². The van der Waals surface area contributed by atoms with Crippen molar-refractivity contribution in [2.45, 2.75) is 4.21 Å². The van der Waals surface area contributed by atoms with Crippen LogP contribution in [0.1, 0.15) is 0 Å². The maximum absolute atomic E-state index is 5.55. The van der Waals surface area contributed by atoms with E-state index in [1.165, 1.54) is 11.0 Å². The highest BCUT2D eigenvalue weighted by molar-refractivity contribution is 9.10. The molecule has 0 fully saturated rings. The van der Waals surface area contributed by atoms with Crippen molar-refractivity contribution in [3.05, 3.63) is 9.85 Å². The summed E-state index contributed by atoms with van der Waals surface area (Å²) >= 11 is 4.89. The minimum absolute atomic E-state index is 0.824. The van der Waals surface area contributed by atoms with Crippen LogP contribution in [0.15, 0.2) is 14.1 Å². The van der Waals surface area contributed by atoms with Gasteiger partial charge in [0.05, 0.1) is 11.6 Å². The fraction of sp³-hybridized carbons (Fsp3) is 0.200. The molecule has 10 heavy (non-hydrogen) atoms. The molecule has 1 aromatic heterocycles. The Morgan fingerprint density at radius 2 is 2.50 bits per heavy atom. The molecule has 56 valence electrons. The molecule has 1 rings (SSSR count). The lowest BCUT2D eigenvalue weighted by Crippen LogP contribution is -1.79. The monoisotopic (exact) mass is 258 g/mol. The molecule has 0 radical (unpaired) electrons. The van der Waals surface area contributed by atoms with E-state index in [1.54, 1.807) is 18.4 Å². The highest BCUT2D eigenvalue weighted by Crippen LogP contribution is 2.42. The molecule has 0 aromatic carbocycles. The van der Waals surface area contributed by atoms with Crippen LogP contribution in [-0.4, -0.2) is 7.11 Å². The molecule has 0 unspecified atom stereocenters. The third-order valence-electron chi connectivity index (χ3n) is 0.946. The topological polar surface area (TPSA) is 9.23 Å². The summed E-state index contributed by atoms with van der Waals surface area (Å²) < 4.78 is 7.01. The van der Waals surface area contributed by atoms with Crippen molar-refractivity contribution in [1.29, 1.82) is 0 Å². The van der Waals surface area contributed by atoms with E-state index < -0.39 is 0 Å². The third kappa shape index (κ3) is 1.61. The van der Waals surface area contributed by atoms with Crippen LogP contribution in [0.2, 0.25) is 0 Å². The predicted molar refractivity (Wildman–Crippen MR) is 50.3 cm³/mol. The molecule has 1 nitrogen and oxygen atoms in total. The zero-order valence-corrected chi connectivity index (χ0v) is 9.03. The molecule has 1 heterocycles. The summed E-state index contributed by atoms with van der Waals surface area (Å²) in [5, 5.41) is 1.95. The van der Waals surface area contributed by atoms with Gasteiger partial charge in [-0.2, -0.15) is 0 Å². The maximum atomic E-state index is 5.55. The second kappa shape index (κ2) is 3.85. The Balaban J connectivity index is 3.01. The Labute approximate surface area is 80.3 Å². The van der Waals surface area contributed by atoms with Crippen molar-refractivity contribution in [1.82, 2.24) is 0 Å². The van der Waals surface area contributed by atoms with Gasteiger partial charge in [-0.25, -0.2) is 0 Å². The van der Waals surface area contributed by atoms with E-state index in [0.29, 0.717) is 0 Å². The van der Waals surface area contributed by atoms with Crippen molar-refractivity contribution in [3.8, 4) is 5.75 Å². The Morgan fingerprint density at radius 1 is 1.80 bits per heavy atom. The molecular weight excluding hydrogens is 256 g/mol. The zero-order valence-electron chi connectivity index (χ0n) is 5.06. The molecule has 0 atom stereocenters. The van der Waals surface area contributed by atoms with Crippen LogP contribution in [0.5, 0.6) is 5.75 Å². The summed E-state index contributed by atoms with van der Waals surface area (Å²) in [5.74, 6) is 0.824. The summed E-state index contributed by atoms with van der Waals surface area (Å²) in [4.78, 5) is 0. The van der Waals surface area contributed by atoms with Crippen molar-refractivity contribution in [3.63, 3.8) is 0 Å². The average molecular weight is 260 g/mol. The van der Waals surface area contributed by atoms with Gasteiger partial charge in [-0.1, -0.05) is 0 Å². The largest absolute Gasteiger partial charge is 0.493 e. The van der Waals surface area contributed by atoms with Gasteiger partial charge in [-0.3, -0.25) is 0 Å². The highest BCUT2D eigenvalue weighted by Gasteiger charge is 2.08. The number of ether oxygens (including phenoxy) is 1. The normalized spacial score (nSPS) is 9.90. The van der Waals surface area contributed by atoms with E-state index in [9.17, 15) is 0 Å². The van der Waals surface area contributed by atoms with Crippen LogP contribution in [0, 0.1) is 0 Å². The molecule has 0 saturated carbocycles. The van der Waals surface area contributed by atoms with Crippen LogP contribution in [-0.2, 0) is 0 Å². The first-order chi connectivity index (χ1) is 4.79. The molecule has 0 aliphatic rings. The molecule has 0 N–H and O–H groups in total. The number of rotatable bonds is 2. The average Bonchev–Trinajstić information content (AvgIpc) is 2.30. The van der Waals surface area contributed by atoms with Crippen molar-refractivity contribution in [2.24, 2.45) is 0 Å². The summed E-state index contributed by atoms with van der Waals surface area (Å²) in [5.41, 5.74) is 0. The standard InChI is InChI=1S/C5H4BrClOS2/c1-8-4-3(6)2-9-5(4)10-7/h2H,1H3. The lowest BCUT2D eigenvalue weighted by molar-refractivity contribution is 0.406. The van der Waals surface area contributed by atoms with Crippen LogP contribution in [0.4, 0.5) is 0 Å². The number of hydrogen-bond acceptors (Lipinski definition) is 3. The van der Waals surface area contributed by atoms with E-state index in [1.807, 2.05) is 5.38 Å². The molecule has 0 saturated heterocycles. The maximum Gasteiger partial charge on any atom is 0.158 e. The summed E-state index contributed by atoms with van der Waals surface area (Å²) in [6.45, 7) is 0. The van der Waals surface area contributed by atoms with Gasteiger partial charge in [0.1, 0.15) is 4.21 Å². The molecule has 0 aliphatic heterocycles. The van der Waals surface area contributed by atoms with E-state index in [4.69, 9.17) is 15.4 Å². The first-order valence-corrected chi connectivity index (χ1v) is 5.70. The number of thiophene rings is 1. The lowest BCUT2D eigenvalue weighted by Gasteiger charge is -1.97. The van der Waals surface area contributed by atoms with Crippen molar-refractivity contribution < 1.29 is 4.74 Å². The molecule has 0 spiro atoms. The Hall–Kier alpha value is 0.620. The van der Waals surface area contributed by atoms with E-state index in [-0.39, 0.29) is 0 Å². The van der Waals surface area contributed by atoms with Crippen LogP contribution < -0.4 is 4.74 Å². The Bertz CT molecular complexity index is 225. The Morgan fingerprint density at radius 3 is 2.90 bits per heavy atom. The minimum atomic E-state index is 0.824. The molecule has 5 heteroatoms. The zero-order chi connectivity index (χ0) is 7.56. The van der Waals surface area contributed by atoms with Gasteiger partial charge in [0.15, 0.2) is 5.75 Å². The van der Waals surface area contributed by atoms with Crippen molar-refractivity contribution in [2.75, 3.05) is 7.11 Å².